The van der Waals surface area contributed by atoms with E-state index in [4.69, 9.17) is 4.74 Å². The predicted octanol–water partition coefficient (Wildman–Crippen LogP) is 2.91. The van der Waals surface area contributed by atoms with Crippen LogP contribution in [0.15, 0.2) is 41.6 Å². The summed E-state index contributed by atoms with van der Waals surface area (Å²) in [7, 11) is -3.69. The Labute approximate surface area is 165 Å². The molecular formula is C20H25N3O4S. The SMILES string of the molecule is CC(C)(C)OC(=O)NC1CN(S(=O)(=O)c2cccc3cnccc23)CC12CC2. The molecule has 4 rings (SSSR count). The molecule has 1 unspecified atom stereocenters. The first-order chi connectivity index (χ1) is 13.1. The van der Waals surface area contributed by atoms with E-state index in [-0.39, 0.29) is 22.9 Å². The lowest BCUT2D eigenvalue weighted by molar-refractivity contribution is 0.0492. The molecule has 150 valence electrons. The van der Waals surface area contributed by atoms with Crippen LogP contribution in [0.4, 0.5) is 4.79 Å². The molecule has 8 heteroatoms. The van der Waals surface area contributed by atoms with Crippen LogP contribution in [0.3, 0.4) is 0 Å². The van der Waals surface area contributed by atoms with Crippen LogP contribution in [-0.2, 0) is 14.8 Å². The number of benzene rings is 1. The number of aromatic nitrogens is 1. The van der Waals surface area contributed by atoms with Gasteiger partial charge in [0.2, 0.25) is 10.0 Å². The van der Waals surface area contributed by atoms with Crippen molar-refractivity contribution in [1.82, 2.24) is 14.6 Å². The quantitative estimate of drug-likeness (QED) is 0.851. The Morgan fingerprint density at radius 1 is 1.29 bits per heavy atom. The summed E-state index contributed by atoms with van der Waals surface area (Å²) in [5.41, 5.74) is -0.779. The second kappa shape index (κ2) is 6.42. The topological polar surface area (TPSA) is 88.6 Å². The lowest BCUT2D eigenvalue weighted by Crippen LogP contribution is -2.44. The van der Waals surface area contributed by atoms with Crippen LogP contribution in [0, 0.1) is 5.41 Å². The van der Waals surface area contributed by atoms with Crippen molar-refractivity contribution in [3.8, 4) is 0 Å². The number of ether oxygens (including phenoxy) is 1. The third-order valence-electron chi connectivity index (χ3n) is 5.46. The van der Waals surface area contributed by atoms with Crippen molar-refractivity contribution in [2.24, 2.45) is 5.41 Å². The summed E-state index contributed by atoms with van der Waals surface area (Å²) in [6.07, 6.45) is 4.56. The first-order valence-corrected chi connectivity index (χ1v) is 10.9. The number of hydrogen-bond acceptors (Lipinski definition) is 5. The van der Waals surface area contributed by atoms with Crippen LogP contribution in [0.5, 0.6) is 0 Å². The van der Waals surface area contributed by atoms with E-state index in [0.717, 1.165) is 18.2 Å². The van der Waals surface area contributed by atoms with Crippen LogP contribution >= 0.6 is 0 Å². The zero-order valence-corrected chi connectivity index (χ0v) is 17.1. The summed E-state index contributed by atoms with van der Waals surface area (Å²) in [5.74, 6) is 0. The summed E-state index contributed by atoms with van der Waals surface area (Å²) < 4.78 is 33.6. The number of hydrogen-bond donors (Lipinski definition) is 1. The Bertz CT molecular complexity index is 1020. The van der Waals surface area contributed by atoms with E-state index in [1.54, 1.807) is 51.4 Å². The minimum Gasteiger partial charge on any atom is -0.444 e. The molecule has 1 N–H and O–H groups in total. The number of pyridine rings is 1. The van der Waals surface area contributed by atoms with Gasteiger partial charge in [0, 0.05) is 41.7 Å². The van der Waals surface area contributed by atoms with Gasteiger partial charge in [-0.3, -0.25) is 4.98 Å². The maximum absolute atomic E-state index is 13.4. The molecule has 1 saturated carbocycles. The van der Waals surface area contributed by atoms with Crippen LogP contribution < -0.4 is 5.32 Å². The summed E-state index contributed by atoms with van der Waals surface area (Å²) in [5, 5.41) is 4.34. The first kappa shape index (κ1) is 19.1. The molecule has 7 nitrogen and oxygen atoms in total. The Morgan fingerprint density at radius 2 is 2.04 bits per heavy atom. The second-order valence-electron chi connectivity index (χ2n) is 8.71. The number of rotatable bonds is 3. The van der Waals surface area contributed by atoms with Crippen LogP contribution in [0.25, 0.3) is 10.8 Å². The summed E-state index contributed by atoms with van der Waals surface area (Å²) in [6, 6.07) is 6.69. The van der Waals surface area contributed by atoms with Crippen LogP contribution in [-0.4, -0.2) is 48.5 Å². The zero-order chi connectivity index (χ0) is 20.2. The van der Waals surface area contributed by atoms with Crippen molar-refractivity contribution in [2.75, 3.05) is 13.1 Å². The van der Waals surface area contributed by atoms with Crippen molar-refractivity contribution in [3.05, 3.63) is 36.7 Å². The molecule has 1 spiro atoms. The number of nitrogens with one attached hydrogen (secondary N) is 1. The fourth-order valence-corrected chi connectivity index (χ4v) is 5.64. The van der Waals surface area contributed by atoms with E-state index in [2.05, 4.69) is 10.3 Å². The second-order valence-corrected chi connectivity index (χ2v) is 10.6. The third-order valence-corrected chi connectivity index (χ3v) is 7.33. The van der Waals surface area contributed by atoms with Crippen molar-refractivity contribution in [1.29, 1.82) is 0 Å². The molecule has 2 fully saturated rings. The number of sulfonamides is 1. The fraction of sp³-hybridized carbons (Fsp3) is 0.500. The average molecular weight is 404 g/mol. The third kappa shape index (κ3) is 3.46. The van der Waals surface area contributed by atoms with Gasteiger partial charge in [-0.1, -0.05) is 12.1 Å². The van der Waals surface area contributed by atoms with Gasteiger partial charge in [-0.2, -0.15) is 4.31 Å². The Kier molecular flexibility index (Phi) is 4.39. The number of carbonyl (C=O) groups excluding carboxylic acids is 1. The molecule has 1 amide bonds. The molecule has 2 aromatic rings. The standard InChI is InChI=1S/C20H25N3O4S/c1-19(2,3)27-18(24)22-17-12-23(13-20(17)8-9-20)28(25,26)16-6-4-5-14-11-21-10-7-15(14)16/h4-7,10-11,17H,8-9,12-13H2,1-3H3,(H,22,24). The molecule has 1 aromatic carbocycles. The number of fused-ring (bicyclic) bond motifs is 1. The maximum Gasteiger partial charge on any atom is 0.407 e. The van der Waals surface area contributed by atoms with E-state index in [0.29, 0.717) is 11.9 Å². The number of amides is 1. The van der Waals surface area contributed by atoms with E-state index in [1.165, 1.54) is 4.31 Å². The number of nitrogens with zero attached hydrogens (tertiary/aromatic N) is 2. The first-order valence-electron chi connectivity index (χ1n) is 9.43. The highest BCUT2D eigenvalue weighted by molar-refractivity contribution is 7.89. The fourth-order valence-electron chi connectivity index (χ4n) is 3.88. The largest absolute Gasteiger partial charge is 0.444 e. The lowest BCUT2D eigenvalue weighted by Gasteiger charge is -2.24. The Balaban J connectivity index is 1.59. The minimum absolute atomic E-state index is 0.184. The molecule has 2 aliphatic rings. The van der Waals surface area contributed by atoms with Gasteiger partial charge >= 0.3 is 6.09 Å². The zero-order valence-electron chi connectivity index (χ0n) is 16.3. The minimum atomic E-state index is -3.69. The van der Waals surface area contributed by atoms with Gasteiger partial charge in [0.1, 0.15) is 5.60 Å². The van der Waals surface area contributed by atoms with E-state index >= 15 is 0 Å². The highest BCUT2D eigenvalue weighted by Gasteiger charge is 2.58. The monoisotopic (exact) mass is 403 g/mol. The van der Waals surface area contributed by atoms with Gasteiger partial charge in [0.15, 0.2) is 0 Å². The molecule has 1 atom stereocenters. The van der Waals surface area contributed by atoms with Crippen molar-refractivity contribution < 1.29 is 17.9 Å². The van der Waals surface area contributed by atoms with Gasteiger partial charge in [0.25, 0.3) is 0 Å². The molecule has 2 heterocycles. The summed E-state index contributed by atoms with van der Waals surface area (Å²) in [6.45, 7) is 6.08. The molecule has 0 radical (unpaired) electrons. The molecule has 1 saturated heterocycles. The molecule has 1 aliphatic heterocycles. The smallest absolute Gasteiger partial charge is 0.407 e. The number of carbonyl (C=O) groups is 1. The van der Waals surface area contributed by atoms with Gasteiger partial charge in [-0.15, -0.1) is 0 Å². The normalized spacial score (nSPS) is 21.8. The highest BCUT2D eigenvalue weighted by atomic mass is 32.2. The van der Waals surface area contributed by atoms with E-state index in [9.17, 15) is 13.2 Å². The Hall–Kier alpha value is -2.19. The van der Waals surface area contributed by atoms with Crippen molar-refractivity contribution in [3.63, 3.8) is 0 Å². The molecule has 28 heavy (non-hydrogen) atoms. The van der Waals surface area contributed by atoms with Gasteiger partial charge < -0.3 is 10.1 Å². The van der Waals surface area contributed by atoms with Crippen LogP contribution in [0.2, 0.25) is 0 Å². The van der Waals surface area contributed by atoms with E-state index < -0.39 is 21.7 Å². The van der Waals surface area contributed by atoms with Crippen molar-refractivity contribution in [2.45, 2.75) is 50.2 Å². The lowest BCUT2D eigenvalue weighted by atomic mass is 10.0. The van der Waals surface area contributed by atoms with Gasteiger partial charge in [-0.05, 0) is 45.7 Å². The molecule has 1 aliphatic carbocycles. The van der Waals surface area contributed by atoms with Gasteiger partial charge in [0.05, 0.1) is 10.9 Å². The number of alkyl carbamates (subject to hydrolysis) is 1. The maximum atomic E-state index is 13.4. The molecular weight excluding hydrogens is 378 g/mol. The Morgan fingerprint density at radius 3 is 2.71 bits per heavy atom. The predicted molar refractivity (Wildman–Crippen MR) is 105 cm³/mol. The van der Waals surface area contributed by atoms with Crippen LogP contribution in [0.1, 0.15) is 33.6 Å². The summed E-state index contributed by atoms with van der Waals surface area (Å²) >= 11 is 0. The molecule has 0 bridgehead atoms. The van der Waals surface area contributed by atoms with Crippen molar-refractivity contribution >= 4 is 26.9 Å². The average Bonchev–Trinajstić information content (AvgIpc) is 3.29. The summed E-state index contributed by atoms with van der Waals surface area (Å²) in [4.78, 5) is 16.6. The van der Waals surface area contributed by atoms with Gasteiger partial charge in [-0.25, -0.2) is 13.2 Å². The van der Waals surface area contributed by atoms with E-state index in [1.807, 2.05) is 6.07 Å². The highest BCUT2D eigenvalue weighted by Crippen LogP contribution is 2.53. The molecule has 1 aromatic heterocycles.